The van der Waals surface area contributed by atoms with Crippen LogP contribution in [0.1, 0.15) is 6.92 Å². The summed E-state index contributed by atoms with van der Waals surface area (Å²) >= 11 is 0. The Morgan fingerprint density at radius 2 is 2.00 bits per heavy atom. The minimum Gasteiger partial charge on any atom is -0.455 e. The molecule has 0 bridgehead atoms. The van der Waals surface area contributed by atoms with Crippen LogP contribution in [0.5, 0.6) is 11.5 Å². The van der Waals surface area contributed by atoms with Crippen LogP contribution in [-0.4, -0.2) is 5.91 Å². The van der Waals surface area contributed by atoms with Gasteiger partial charge >= 0.3 is 0 Å². The predicted octanol–water partition coefficient (Wildman–Crippen LogP) is 3.16. The Morgan fingerprint density at radius 3 is 2.68 bits per heavy atom. The van der Waals surface area contributed by atoms with E-state index in [1.807, 2.05) is 0 Å². The molecule has 5 heteroatoms. The van der Waals surface area contributed by atoms with E-state index in [-0.39, 0.29) is 17.3 Å². The van der Waals surface area contributed by atoms with Gasteiger partial charge in [0.25, 0.3) is 0 Å². The van der Waals surface area contributed by atoms with Gasteiger partial charge in [-0.2, -0.15) is 0 Å². The van der Waals surface area contributed by atoms with Crippen LogP contribution in [0.3, 0.4) is 0 Å². The summed E-state index contributed by atoms with van der Waals surface area (Å²) in [5, 5.41) is 2.63. The van der Waals surface area contributed by atoms with Crippen molar-refractivity contribution in [2.75, 3.05) is 11.1 Å². The van der Waals surface area contributed by atoms with E-state index >= 15 is 0 Å². The Morgan fingerprint density at radius 1 is 1.26 bits per heavy atom. The number of carbonyl (C=O) groups excluding carboxylic acids is 1. The third-order valence-electron chi connectivity index (χ3n) is 2.32. The second-order valence-electron chi connectivity index (χ2n) is 4.00. The average Bonchev–Trinajstić information content (AvgIpc) is 2.29. The van der Waals surface area contributed by atoms with Gasteiger partial charge in [-0.15, -0.1) is 0 Å². The van der Waals surface area contributed by atoms with Gasteiger partial charge in [-0.1, -0.05) is 12.1 Å². The monoisotopic (exact) mass is 260 g/mol. The molecule has 1 amide bonds. The van der Waals surface area contributed by atoms with Crippen molar-refractivity contribution in [3.63, 3.8) is 0 Å². The number of nitrogens with two attached hydrogens (primary N) is 1. The average molecular weight is 260 g/mol. The van der Waals surface area contributed by atoms with Crippen molar-refractivity contribution >= 4 is 17.3 Å². The van der Waals surface area contributed by atoms with Gasteiger partial charge < -0.3 is 15.8 Å². The van der Waals surface area contributed by atoms with Crippen molar-refractivity contribution in [3.8, 4) is 11.5 Å². The highest BCUT2D eigenvalue weighted by Gasteiger charge is 2.07. The first-order valence-corrected chi connectivity index (χ1v) is 5.65. The van der Waals surface area contributed by atoms with Crippen LogP contribution in [0, 0.1) is 5.82 Å². The molecule has 3 N–H and O–H groups in total. The lowest BCUT2D eigenvalue weighted by Gasteiger charge is -2.11. The lowest BCUT2D eigenvalue weighted by molar-refractivity contribution is -0.114. The molecule has 0 fully saturated rings. The van der Waals surface area contributed by atoms with E-state index in [0.717, 1.165) is 0 Å². The molecular weight excluding hydrogens is 247 g/mol. The maximum absolute atomic E-state index is 13.2. The molecule has 0 aromatic heterocycles. The molecule has 98 valence electrons. The fourth-order valence-corrected chi connectivity index (χ4v) is 1.62. The third kappa shape index (κ3) is 3.45. The standard InChI is InChI=1S/C14H13FN2O2/c1-9(18)17-13-4-2-3-5-14(13)19-12-7-10(15)6-11(16)8-12/h2-8H,16H2,1H3,(H,17,18). The van der Waals surface area contributed by atoms with Crippen LogP contribution >= 0.6 is 0 Å². The number of hydrogen-bond donors (Lipinski definition) is 2. The maximum Gasteiger partial charge on any atom is 0.221 e. The summed E-state index contributed by atoms with van der Waals surface area (Å²) in [7, 11) is 0. The highest BCUT2D eigenvalue weighted by atomic mass is 19.1. The molecule has 0 saturated heterocycles. The zero-order valence-corrected chi connectivity index (χ0v) is 10.3. The smallest absolute Gasteiger partial charge is 0.221 e. The van der Waals surface area contributed by atoms with Gasteiger partial charge in [0.15, 0.2) is 5.75 Å². The summed E-state index contributed by atoms with van der Waals surface area (Å²) in [5.74, 6) is -0.000170. The van der Waals surface area contributed by atoms with Gasteiger partial charge in [-0.05, 0) is 18.2 Å². The van der Waals surface area contributed by atoms with Gasteiger partial charge in [0.1, 0.15) is 11.6 Å². The Kier molecular flexibility index (Phi) is 3.66. The summed E-state index contributed by atoms with van der Waals surface area (Å²) in [6.45, 7) is 1.40. The number of nitrogens with one attached hydrogen (secondary N) is 1. The number of anilines is 2. The largest absolute Gasteiger partial charge is 0.455 e. The summed E-state index contributed by atoms with van der Waals surface area (Å²) < 4.78 is 18.7. The molecular formula is C14H13FN2O2. The molecule has 0 unspecified atom stereocenters. The first kappa shape index (κ1) is 12.9. The molecule has 0 aliphatic rings. The van der Waals surface area contributed by atoms with Crippen LogP contribution in [-0.2, 0) is 4.79 Å². The quantitative estimate of drug-likeness (QED) is 0.833. The molecule has 2 aromatic rings. The summed E-state index contributed by atoms with van der Waals surface area (Å²) in [6, 6.07) is 10.8. The molecule has 0 aliphatic carbocycles. The third-order valence-corrected chi connectivity index (χ3v) is 2.32. The van der Waals surface area contributed by atoms with E-state index in [9.17, 15) is 9.18 Å². The summed E-state index contributed by atoms with van der Waals surface area (Å²) in [6.07, 6.45) is 0. The van der Waals surface area contributed by atoms with Crippen molar-refractivity contribution in [2.45, 2.75) is 6.92 Å². The minimum atomic E-state index is -0.480. The summed E-state index contributed by atoms with van der Waals surface area (Å²) in [4.78, 5) is 11.1. The molecule has 0 heterocycles. The molecule has 2 rings (SSSR count). The zero-order chi connectivity index (χ0) is 13.8. The van der Waals surface area contributed by atoms with Gasteiger partial charge in [0, 0.05) is 24.7 Å². The normalized spacial score (nSPS) is 10.0. The molecule has 0 aliphatic heterocycles. The maximum atomic E-state index is 13.2. The number of para-hydroxylation sites is 2. The first-order valence-electron chi connectivity index (χ1n) is 5.65. The molecule has 0 saturated carbocycles. The molecule has 0 spiro atoms. The number of rotatable bonds is 3. The second-order valence-corrected chi connectivity index (χ2v) is 4.00. The SMILES string of the molecule is CC(=O)Nc1ccccc1Oc1cc(N)cc(F)c1. The molecule has 0 atom stereocenters. The van der Waals surface area contributed by atoms with E-state index in [0.29, 0.717) is 11.4 Å². The highest BCUT2D eigenvalue weighted by molar-refractivity contribution is 5.90. The van der Waals surface area contributed by atoms with Crippen molar-refractivity contribution < 1.29 is 13.9 Å². The Labute approximate surface area is 110 Å². The topological polar surface area (TPSA) is 64.3 Å². The fraction of sp³-hybridized carbons (Fsp3) is 0.0714. The van der Waals surface area contributed by atoms with Gasteiger partial charge in [-0.25, -0.2) is 4.39 Å². The second kappa shape index (κ2) is 5.39. The van der Waals surface area contributed by atoms with E-state index < -0.39 is 5.82 Å². The number of benzene rings is 2. The van der Waals surface area contributed by atoms with Crippen molar-refractivity contribution in [2.24, 2.45) is 0 Å². The lowest BCUT2D eigenvalue weighted by Crippen LogP contribution is -2.06. The van der Waals surface area contributed by atoms with Crippen LogP contribution in [0.4, 0.5) is 15.8 Å². The number of ether oxygens (including phenoxy) is 1. The zero-order valence-electron chi connectivity index (χ0n) is 10.3. The molecule has 19 heavy (non-hydrogen) atoms. The predicted molar refractivity (Wildman–Crippen MR) is 71.6 cm³/mol. The number of hydrogen-bond acceptors (Lipinski definition) is 3. The van der Waals surface area contributed by atoms with Crippen molar-refractivity contribution in [3.05, 3.63) is 48.3 Å². The number of carbonyl (C=O) groups is 1. The lowest BCUT2D eigenvalue weighted by atomic mass is 10.2. The van der Waals surface area contributed by atoms with Gasteiger partial charge in [0.2, 0.25) is 5.91 Å². The number of amides is 1. The minimum absolute atomic E-state index is 0.213. The summed E-state index contributed by atoms with van der Waals surface area (Å²) in [5.41, 5.74) is 6.32. The van der Waals surface area contributed by atoms with E-state index in [4.69, 9.17) is 10.5 Å². The number of halogens is 1. The van der Waals surface area contributed by atoms with Crippen LogP contribution in [0.15, 0.2) is 42.5 Å². The Hall–Kier alpha value is -2.56. The highest BCUT2D eigenvalue weighted by Crippen LogP contribution is 2.30. The van der Waals surface area contributed by atoms with Crippen LogP contribution < -0.4 is 15.8 Å². The Bertz CT molecular complexity index is 594. The van der Waals surface area contributed by atoms with Crippen LogP contribution in [0.25, 0.3) is 0 Å². The number of nitrogen functional groups attached to an aromatic ring is 1. The van der Waals surface area contributed by atoms with E-state index in [1.165, 1.54) is 25.1 Å². The van der Waals surface area contributed by atoms with Crippen LogP contribution in [0.2, 0.25) is 0 Å². The van der Waals surface area contributed by atoms with Crippen molar-refractivity contribution in [1.29, 1.82) is 0 Å². The molecule has 0 radical (unpaired) electrons. The van der Waals surface area contributed by atoms with Gasteiger partial charge in [0.05, 0.1) is 5.69 Å². The molecule has 4 nitrogen and oxygen atoms in total. The van der Waals surface area contributed by atoms with Gasteiger partial charge in [-0.3, -0.25) is 4.79 Å². The Balaban J connectivity index is 2.29. The molecule has 2 aromatic carbocycles. The van der Waals surface area contributed by atoms with E-state index in [1.54, 1.807) is 24.3 Å². The fourth-order valence-electron chi connectivity index (χ4n) is 1.62. The van der Waals surface area contributed by atoms with Crippen molar-refractivity contribution in [1.82, 2.24) is 0 Å². The van der Waals surface area contributed by atoms with E-state index in [2.05, 4.69) is 5.32 Å². The first-order chi connectivity index (χ1) is 9.04.